The molecular formula is C14H15BrN4S. The number of hydrogen-bond donors (Lipinski definition) is 1. The van der Waals surface area contributed by atoms with Crippen LogP contribution in [-0.4, -0.2) is 14.8 Å². The molecule has 6 heteroatoms. The number of rotatable bonds is 4. The van der Waals surface area contributed by atoms with Gasteiger partial charge in [0.2, 0.25) is 0 Å². The predicted octanol–water partition coefficient (Wildman–Crippen LogP) is 3.99. The van der Waals surface area contributed by atoms with Crippen molar-refractivity contribution in [2.75, 3.05) is 5.73 Å². The van der Waals surface area contributed by atoms with Gasteiger partial charge in [-0.15, -0.1) is 10.2 Å². The van der Waals surface area contributed by atoms with Crippen molar-refractivity contribution in [3.05, 3.63) is 28.5 Å². The minimum atomic E-state index is 0.608. The van der Waals surface area contributed by atoms with Gasteiger partial charge in [-0.2, -0.15) is 0 Å². The fraction of sp³-hybridized carbons (Fsp3) is 0.429. The van der Waals surface area contributed by atoms with E-state index in [4.69, 9.17) is 5.73 Å². The largest absolute Gasteiger partial charge is 0.398 e. The highest BCUT2D eigenvalue weighted by Crippen LogP contribution is 2.47. The molecule has 2 aliphatic rings. The van der Waals surface area contributed by atoms with Gasteiger partial charge in [0.25, 0.3) is 0 Å². The number of nitrogens with two attached hydrogens (primary N) is 1. The van der Waals surface area contributed by atoms with Crippen LogP contribution in [0.2, 0.25) is 0 Å². The zero-order chi connectivity index (χ0) is 13.7. The van der Waals surface area contributed by atoms with Crippen molar-refractivity contribution in [2.45, 2.75) is 47.7 Å². The van der Waals surface area contributed by atoms with Gasteiger partial charge in [0.05, 0.1) is 0 Å². The van der Waals surface area contributed by atoms with Gasteiger partial charge in [0, 0.05) is 27.0 Å². The first-order valence-corrected chi connectivity index (χ1v) is 8.51. The van der Waals surface area contributed by atoms with Crippen LogP contribution in [-0.2, 0) is 0 Å². The van der Waals surface area contributed by atoms with Crippen molar-refractivity contribution in [3.63, 3.8) is 0 Å². The molecule has 2 fully saturated rings. The van der Waals surface area contributed by atoms with E-state index in [1.807, 2.05) is 18.2 Å². The molecule has 4 nitrogen and oxygen atoms in total. The third-order valence-electron chi connectivity index (χ3n) is 3.72. The van der Waals surface area contributed by atoms with Crippen LogP contribution >= 0.6 is 27.7 Å². The number of anilines is 1. The zero-order valence-corrected chi connectivity index (χ0v) is 13.3. The third kappa shape index (κ3) is 2.35. The van der Waals surface area contributed by atoms with Gasteiger partial charge in [-0.05, 0) is 55.6 Å². The molecule has 0 saturated heterocycles. The normalized spacial score (nSPS) is 18.4. The molecule has 0 aliphatic heterocycles. The highest BCUT2D eigenvalue weighted by Gasteiger charge is 2.36. The zero-order valence-electron chi connectivity index (χ0n) is 10.9. The molecule has 4 rings (SSSR count). The second-order valence-corrected chi connectivity index (χ2v) is 7.43. The molecule has 1 heterocycles. The van der Waals surface area contributed by atoms with Crippen LogP contribution in [0.4, 0.5) is 5.69 Å². The number of aromatic nitrogens is 3. The molecule has 2 saturated carbocycles. The van der Waals surface area contributed by atoms with E-state index < -0.39 is 0 Å². The maximum absolute atomic E-state index is 6.06. The third-order valence-corrected chi connectivity index (χ3v) is 5.25. The highest BCUT2D eigenvalue weighted by atomic mass is 79.9. The van der Waals surface area contributed by atoms with E-state index in [2.05, 4.69) is 30.7 Å². The van der Waals surface area contributed by atoms with E-state index in [1.165, 1.54) is 31.5 Å². The van der Waals surface area contributed by atoms with Gasteiger partial charge < -0.3 is 10.3 Å². The van der Waals surface area contributed by atoms with Crippen molar-refractivity contribution in [3.8, 4) is 0 Å². The number of nitrogen functional groups attached to an aromatic ring is 1. The summed E-state index contributed by atoms with van der Waals surface area (Å²) >= 11 is 5.12. The summed E-state index contributed by atoms with van der Waals surface area (Å²) in [5, 5.41) is 9.82. The topological polar surface area (TPSA) is 56.7 Å². The van der Waals surface area contributed by atoms with Crippen molar-refractivity contribution < 1.29 is 0 Å². The Morgan fingerprint density at radius 1 is 1.20 bits per heavy atom. The second-order valence-electron chi connectivity index (χ2n) is 5.50. The Hall–Kier alpha value is -1.01. The van der Waals surface area contributed by atoms with Crippen molar-refractivity contribution in [2.24, 2.45) is 0 Å². The summed E-state index contributed by atoms with van der Waals surface area (Å²) in [6.07, 6.45) is 5.02. The van der Waals surface area contributed by atoms with E-state index in [0.29, 0.717) is 12.0 Å². The van der Waals surface area contributed by atoms with Crippen molar-refractivity contribution in [1.82, 2.24) is 14.8 Å². The Morgan fingerprint density at radius 2 is 2.00 bits per heavy atom. The molecule has 0 radical (unpaired) electrons. The fourth-order valence-electron chi connectivity index (χ4n) is 2.35. The van der Waals surface area contributed by atoms with Crippen LogP contribution < -0.4 is 5.73 Å². The van der Waals surface area contributed by atoms with Gasteiger partial charge >= 0.3 is 0 Å². The van der Waals surface area contributed by atoms with Crippen LogP contribution in [0.25, 0.3) is 0 Å². The quantitative estimate of drug-likeness (QED) is 0.847. The number of benzene rings is 1. The summed E-state index contributed by atoms with van der Waals surface area (Å²) in [6.45, 7) is 0. The molecule has 2 aliphatic carbocycles. The van der Waals surface area contributed by atoms with Crippen LogP contribution in [0.1, 0.15) is 43.5 Å². The SMILES string of the molecule is Nc1ccc(Br)cc1Sc1nnc(C2CC2)n1C1CC1. The van der Waals surface area contributed by atoms with Crippen molar-refractivity contribution in [1.29, 1.82) is 0 Å². The number of nitrogens with zero attached hydrogens (tertiary/aromatic N) is 3. The monoisotopic (exact) mass is 350 g/mol. The molecule has 104 valence electrons. The molecule has 0 unspecified atom stereocenters. The van der Waals surface area contributed by atoms with Gasteiger partial charge in [-0.25, -0.2) is 0 Å². The first kappa shape index (κ1) is 12.7. The van der Waals surface area contributed by atoms with Crippen LogP contribution in [0.3, 0.4) is 0 Å². The molecule has 1 aromatic heterocycles. The molecule has 2 aromatic rings. The standard InChI is InChI=1S/C14H15BrN4S/c15-9-3-6-11(16)12(7-9)20-14-18-17-13(8-1-2-8)19(14)10-4-5-10/h3,6-8,10H,1-2,4-5,16H2. The minimum absolute atomic E-state index is 0.608. The summed E-state index contributed by atoms with van der Waals surface area (Å²) in [5.41, 5.74) is 6.85. The predicted molar refractivity (Wildman–Crippen MR) is 82.9 cm³/mol. The molecule has 1 aromatic carbocycles. The highest BCUT2D eigenvalue weighted by molar-refractivity contribution is 9.10. The average molecular weight is 351 g/mol. The van der Waals surface area contributed by atoms with Crippen LogP contribution in [0, 0.1) is 0 Å². The fourth-order valence-corrected chi connectivity index (χ4v) is 3.85. The Bertz CT molecular complexity index is 661. The molecule has 20 heavy (non-hydrogen) atoms. The van der Waals surface area contributed by atoms with Crippen molar-refractivity contribution >= 4 is 33.4 Å². The number of halogens is 1. The summed E-state index contributed by atoms with van der Waals surface area (Å²) in [6, 6.07) is 6.53. The van der Waals surface area contributed by atoms with Crippen LogP contribution in [0.5, 0.6) is 0 Å². The first-order chi connectivity index (χ1) is 9.72. The lowest BCUT2D eigenvalue weighted by Crippen LogP contribution is -2.02. The summed E-state index contributed by atoms with van der Waals surface area (Å²) in [7, 11) is 0. The maximum atomic E-state index is 6.06. The second kappa shape index (κ2) is 4.77. The van der Waals surface area contributed by atoms with Gasteiger partial charge in [-0.3, -0.25) is 0 Å². The Morgan fingerprint density at radius 3 is 2.70 bits per heavy atom. The molecule has 0 spiro atoms. The molecule has 0 amide bonds. The molecule has 2 N–H and O–H groups in total. The molecular weight excluding hydrogens is 336 g/mol. The summed E-state index contributed by atoms with van der Waals surface area (Å²) < 4.78 is 3.39. The lowest BCUT2D eigenvalue weighted by Gasteiger charge is -2.09. The van der Waals surface area contributed by atoms with Gasteiger partial charge in [-0.1, -0.05) is 15.9 Å². The van der Waals surface area contributed by atoms with Crippen LogP contribution in [0.15, 0.2) is 32.7 Å². The van der Waals surface area contributed by atoms with E-state index in [1.54, 1.807) is 11.8 Å². The minimum Gasteiger partial charge on any atom is -0.398 e. The number of hydrogen-bond acceptors (Lipinski definition) is 4. The summed E-state index contributed by atoms with van der Waals surface area (Å²) in [5.74, 6) is 1.82. The Kier molecular flexibility index (Phi) is 3.03. The summed E-state index contributed by atoms with van der Waals surface area (Å²) in [4.78, 5) is 1.04. The smallest absolute Gasteiger partial charge is 0.196 e. The lowest BCUT2D eigenvalue weighted by atomic mass is 10.3. The Labute approximate surface area is 130 Å². The molecule has 0 bridgehead atoms. The van der Waals surface area contributed by atoms with E-state index in [0.717, 1.165) is 20.2 Å². The van der Waals surface area contributed by atoms with Gasteiger partial charge in [0.15, 0.2) is 5.16 Å². The Balaban J connectivity index is 1.70. The van der Waals surface area contributed by atoms with E-state index in [-0.39, 0.29) is 0 Å². The van der Waals surface area contributed by atoms with E-state index >= 15 is 0 Å². The van der Waals surface area contributed by atoms with Gasteiger partial charge in [0.1, 0.15) is 5.82 Å². The van der Waals surface area contributed by atoms with E-state index in [9.17, 15) is 0 Å². The lowest BCUT2D eigenvalue weighted by molar-refractivity contribution is 0.627. The first-order valence-electron chi connectivity index (χ1n) is 6.90. The maximum Gasteiger partial charge on any atom is 0.196 e. The average Bonchev–Trinajstić information content (AvgIpc) is 3.33. The molecule has 0 atom stereocenters.